The molecule has 0 aromatic carbocycles. The topological polar surface area (TPSA) is 145 Å². The summed E-state index contributed by atoms with van der Waals surface area (Å²) in [6.45, 7) is 0.849. The van der Waals surface area contributed by atoms with Crippen molar-refractivity contribution in [3.05, 3.63) is 10.4 Å². The van der Waals surface area contributed by atoms with Gasteiger partial charge in [-0.1, -0.05) is 5.11 Å². The van der Waals surface area contributed by atoms with Gasteiger partial charge in [-0.3, -0.25) is 4.79 Å². The first-order valence-electron chi connectivity index (χ1n) is 4.82. The second-order valence-corrected chi connectivity index (χ2v) is 3.55. The predicted octanol–water partition coefficient (Wildman–Crippen LogP) is -1.55. The molecule has 1 saturated heterocycles. The lowest BCUT2D eigenvalue weighted by atomic mass is 10.0. The number of cyclic esters (lactones) is 1. The summed E-state index contributed by atoms with van der Waals surface area (Å²) in [4.78, 5) is 24.5. The van der Waals surface area contributed by atoms with Crippen LogP contribution in [-0.4, -0.2) is 53.0 Å². The third-order valence-electron chi connectivity index (χ3n) is 2.25. The molecule has 0 unspecified atom stereocenters. The Morgan fingerprint density at radius 3 is 2.94 bits per heavy atom. The Morgan fingerprint density at radius 1 is 1.76 bits per heavy atom. The van der Waals surface area contributed by atoms with Crippen molar-refractivity contribution in [3.8, 4) is 0 Å². The fourth-order valence-electron chi connectivity index (χ4n) is 1.50. The summed E-state index contributed by atoms with van der Waals surface area (Å²) in [6.07, 6.45) is -3.91. The number of ether oxygens (including phenoxy) is 1. The predicted molar refractivity (Wildman–Crippen MR) is 53.5 cm³/mol. The van der Waals surface area contributed by atoms with Gasteiger partial charge in [-0.25, -0.2) is 4.79 Å². The van der Waals surface area contributed by atoms with Gasteiger partial charge in [-0.2, -0.15) is 0 Å². The van der Waals surface area contributed by atoms with Crippen molar-refractivity contribution < 1.29 is 24.5 Å². The van der Waals surface area contributed by atoms with E-state index >= 15 is 0 Å². The van der Waals surface area contributed by atoms with E-state index in [1.165, 1.54) is 6.92 Å². The van der Waals surface area contributed by atoms with Crippen molar-refractivity contribution in [1.29, 1.82) is 0 Å². The number of aliphatic hydroxyl groups excluding tert-OH is 2. The highest BCUT2D eigenvalue weighted by atomic mass is 16.6. The van der Waals surface area contributed by atoms with Crippen LogP contribution in [0, 0.1) is 0 Å². The molecular weight excluding hydrogens is 232 g/mol. The van der Waals surface area contributed by atoms with E-state index in [4.69, 9.17) is 10.3 Å². The molecule has 0 aliphatic carbocycles. The van der Waals surface area contributed by atoms with Crippen molar-refractivity contribution in [2.24, 2.45) is 5.11 Å². The average molecular weight is 244 g/mol. The summed E-state index contributed by atoms with van der Waals surface area (Å²) in [5.41, 5.74) is 8.07. The summed E-state index contributed by atoms with van der Waals surface area (Å²) in [6, 6.07) is -1.21. The number of carbonyl (C=O) groups is 2. The van der Waals surface area contributed by atoms with E-state index < -0.39 is 36.2 Å². The molecule has 9 nitrogen and oxygen atoms in total. The van der Waals surface area contributed by atoms with E-state index in [2.05, 4.69) is 15.3 Å². The summed E-state index contributed by atoms with van der Waals surface area (Å²) < 4.78 is 4.71. The largest absolute Gasteiger partial charge is 0.455 e. The molecule has 4 atom stereocenters. The Bertz CT molecular complexity index is 367. The lowest BCUT2D eigenvalue weighted by Crippen LogP contribution is -2.47. The molecule has 1 fully saturated rings. The molecule has 9 heteroatoms. The Balaban J connectivity index is 2.69. The van der Waals surface area contributed by atoms with Gasteiger partial charge in [0, 0.05) is 11.8 Å². The van der Waals surface area contributed by atoms with Gasteiger partial charge >= 0.3 is 5.97 Å². The number of nitrogens with zero attached hydrogens (tertiary/aromatic N) is 3. The minimum Gasteiger partial charge on any atom is -0.455 e. The number of nitrogens with one attached hydrogen (secondary N) is 1. The fraction of sp³-hybridized carbons (Fsp3) is 0.750. The zero-order chi connectivity index (χ0) is 13.0. The lowest BCUT2D eigenvalue weighted by molar-refractivity contribution is -0.147. The third-order valence-corrected chi connectivity index (χ3v) is 2.25. The van der Waals surface area contributed by atoms with Gasteiger partial charge in [0.15, 0.2) is 12.1 Å². The molecule has 0 bridgehead atoms. The van der Waals surface area contributed by atoms with Crippen LogP contribution in [-0.2, 0) is 14.3 Å². The highest BCUT2D eigenvalue weighted by Crippen LogP contribution is 2.19. The average Bonchev–Trinajstić information content (AvgIpc) is 2.53. The quantitative estimate of drug-likeness (QED) is 0.237. The first-order chi connectivity index (χ1) is 7.97. The molecule has 0 aromatic rings. The zero-order valence-corrected chi connectivity index (χ0v) is 8.98. The molecule has 1 aliphatic heterocycles. The maximum Gasteiger partial charge on any atom is 0.331 e. The normalized spacial score (nSPS) is 29.1. The summed E-state index contributed by atoms with van der Waals surface area (Å²) in [5.74, 6) is -1.34. The first-order valence-corrected chi connectivity index (χ1v) is 4.82. The van der Waals surface area contributed by atoms with Gasteiger partial charge in [0.2, 0.25) is 5.91 Å². The monoisotopic (exact) mass is 244 g/mol. The molecule has 1 rings (SSSR count). The standard InChI is InChI=1S/C8H12N4O5/c1-3(13)11-5-6(15)7(17-8(5)16)4(14)2-10-12-9/h4-7,14-15H,2H2,1H3,(H,11,13)/t4-,5-,6-,7+/m1/s1. The molecule has 1 amide bonds. The van der Waals surface area contributed by atoms with Gasteiger partial charge in [0.05, 0.1) is 12.6 Å². The van der Waals surface area contributed by atoms with Crippen molar-refractivity contribution in [3.63, 3.8) is 0 Å². The van der Waals surface area contributed by atoms with Gasteiger partial charge in [0.1, 0.15) is 6.10 Å². The van der Waals surface area contributed by atoms with E-state index in [0.29, 0.717) is 0 Å². The Hall–Kier alpha value is -1.83. The van der Waals surface area contributed by atoms with E-state index in [1.54, 1.807) is 0 Å². The molecule has 1 heterocycles. The van der Waals surface area contributed by atoms with Crippen LogP contribution in [0.1, 0.15) is 6.92 Å². The molecule has 3 N–H and O–H groups in total. The van der Waals surface area contributed by atoms with Gasteiger partial charge in [0.25, 0.3) is 0 Å². The molecular formula is C8H12N4O5. The number of hydrogen-bond donors (Lipinski definition) is 3. The van der Waals surface area contributed by atoms with Gasteiger partial charge in [-0.15, -0.1) is 0 Å². The maximum atomic E-state index is 11.3. The van der Waals surface area contributed by atoms with Crippen LogP contribution < -0.4 is 5.32 Å². The number of esters is 1. The molecule has 0 aromatic heterocycles. The zero-order valence-electron chi connectivity index (χ0n) is 8.98. The maximum absolute atomic E-state index is 11.3. The Labute approximate surface area is 96.0 Å². The number of hydrogen-bond acceptors (Lipinski definition) is 6. The summed E-state index contributed by atoms with van der Waals surface area (Å²) in [7, 11) is 0. The molecule has 0 saturated carbocycles. The third kappa shape index (κ3) is 3.06. The van der Waals surface area contributed by atoms with Gasteiger partial charge < -0.3 is 20.3 Å². The van der Waals surface area contributed by atoms with E-state index in [1.807, 2.05) is 0 Å². The minimum atomic E-state index is -1.38. The van der Waals surface area contributed by atoms with Crippen molar-refractivity contribution in [2.75, 3.05) is 6.54 Å². The van der Waals surface area contributed by atoms with Crippen LogP contribution >= 0.6 is 0 Å². The smallest absolute Gasteiger partial charge is 0.331 e. The molecule has 94 valence electrons. The van der Waals surface area contributed by atoms with Crippen LogP contribution in [0.25, 0.3) is 10.4 Å². The highest BCUT2D eigenvalue weighted by Gasteiger charge is 2.47. The Kier molecular flexibility index (Phi) is 4.27. The second kappa shape index (κ2) is 5.48. The summed E-state index contributed by atoms with van der Waals surface area (Å²) >= 11 is 0. The lowest BCUT2D eigenvalue weighted by Gasteiger charge is -2.19. The molecule has 0 radical (unpaired) electrons. The SMILES string of the molecule is CC(=O)N[C@H]1C(=O)O[C@@H]([C@H](O)CN=[N+]=[N-])[C@@H]1O. The van der Waals surface area contributed by atoms with Crippen LogP contribution in [0.15, 0.2) is 5.11 Å². The molecule has 17 heavy (non-hydrogen) atoms. The summed E-state index contributed by atoms with van der Waals surface area (Å²) in [5, 5.41) is 24.5. The van der Waals surface area contributed by atoms with Crippen LogP contribution in [0.3, 0.4) is 0 Å². The molecule has 0 spiro atoms. The number of carbonyl (C=O) groups excluding carboxylic acids is 2. The van der Waals surface area contributed by atoms with Crippen molar-refractivity contribution in [1.82, 2.24) is 5.32 Å². The van der Waals surface area contributed by atoms with Crippen LogP contribution in [0.2, 0.25) is 0 Å². The van der Waals surface area contributed by atoms with Crippen LogP contribution in [0.5, 0.6) is 0 Å². The molecule has 1 aliphatic rings. The number of aliphatic hydroxyl groups is 2. The van der Waals surface area contributed by atoms with Crippen molar-refractivity contribution >= 4 is 11.9 Å². The minimum absolute atomic E-state index is 0.335. The highest BCUT2D eigenvalue weighted by molar-refractivity contribution is 5.85. The van der Waals surface area contributed by atoms with Crippen LogP contribution in [0.4, 0.5) is 0 Å². The number of rotatable bonds is 4. The fourth-order valence-corrected chi connectivity index (χ4v) is 1.50. The Morgan fingerprint density at radius 2 is 2.41 bits per heavy atom. The van der Waals surface area contributed by atoms with E-state index in [0.717, 1.165) is 0 Å². The number of azide groups is 1. The van der Waals surface area contributed by atoms with E-state index in [9.17, 15) is 19.8 Å². The van der Waals surface area contributed by atoms with E-state index in [-0.39, 0.29) is 6.54 Å². The second-order valence-electron chi connectivity index (χ2n) is 3.55. The van der Waals surface area contributed by atoms with Gasteiger partial charge in [-0.05, 0) is 5.53 Å². The number of amides is 1. The van der Waals surface area contributed by atoms with Crippen molar-refractivity contribution in [2.45, 2.75) is 31.3 Å². The first kappa shape index (κ1) is 13.2.